The number of fused-ring (bicyclic) bond motifs is 9. The van der Waals surface area contributed by atoms with Crippen LogP contribution in [0.25, 0.3) is 99.7 Å². The highest BCUT2D eigenvalue weighted by Crippen LogP contribution is 2.43. The van der Waals surface area contributed by atoms with Gasteiger partial charge in [-0.15, -0.1) is 0 Å². The largest absolute Gasteiger partial charge is 0.455 e. The summed E-state index contributed by atoms with van der Waals surface area (Å²) in [4.78, 5) is 10.9. The number of nitrogens with zero attached hydrogens (tertiary/aromatic N) is 4. The molecule has 0 saturated heterocycles. The van der Waals surface area contributed by atoms with Gasteiger partial charge in [0.25, 0.3) is 0 Å². The summed E-state index contributed by atoms with van der Waals surface area (Å²) in [7, 11) is 0. The number of hydrogen-bond donors (Lipinski definition) is 0. The highest BCUT2D eigenvalue weighted by Gasteiger charge is 2.24. The van der Waals surface area contributed by atoms with Crippen molar-refractivity contribution in [1.82, 2.24) is 19.1 Å². The maximum Gasteiger partial charge on any atom is 0.162 e. The van der Waals surface area contributed by atoms with E-state index in [0.717, 1.165) is 88.5 Å². The molecule has 0 aliphatic heterocycles. The quantitative estimate of drug-likeness (QED) is 0.190. The molecule has 0 amide bonds. The van der Waals surface area contributed by atoms with Crippen molar-refractivity contribution >= 4 is 65.7 Å². The van der Waals surface area contributed by atoms with Crippen LogP contribution in [0.3, 0.4) is 0 Å². The summed E-state index contributed by atoms with van der Waals surface area (Å²) in [6, 6.07) is 59.3. The summed E-state index contributed by atoms with van der Waals surface area (Å²) in [6.07, 6.45) is 0. The molecular weight excluding hydrogens is 625 g/mol. The van der Waals surface area contributed by atoms with Gasteiger partial charge in [0.1, 0.15) is 16.8 Å². The molecule has 5 heteroatoms. The minimum Gasteiger partial charge on any atom is -0.455 e. The maximum absolute atomic E-state index is 6.62. The Hall–Kier alpha value is -6.98. The van der Waals surface area contributed by atoms with Crippen LogP contribution >= 0.6 is 0 Å². The van der Waals surface area contributed by atoms with Crippen molar-refractivity contribution < 1.29 is 4.42 Å². The zero-order chi connectivity index (χ0) is 33.5. The minimum absolute atomic E-state index is 0.657. The first-order valence-corrected chi connectivity index (χ1v) is 17.2. The fraction of sp³-hybridized carbons (Fsp3) is 0. The molecular formula is C46H28N4O. The summed E-state index contributed by atoms with van der Waals surface area (Å²) in [5.41, 5.74) is 10.8. The van der Waals surface area contributed by atoms with E-state index < -0.39 is 0 Å². The molecule has 11 aromatic rings. The summed E-state index contributed by atoms with van der Waals surface area (Å²) in [5.74, 6) is 0.657. The molecule has 51 heavy (non-hydrogen) atoms. The summed E-state index contributed by atoms with van der Waals surface area (Å²) >= 11 is 0. The predicted molar refractivity (Wildman–Crippen MR) is 209 cm³/mol. The number of aromatic nitrogens is 4. The predicted octanol–water partition coefficient (Wildman–Crippen LogP) is 11.9. The average molecular weight is 653 g/mol. The number of hydrogen-bond acceptors (Lipinski definition) is 3. The van der Waals surface area contributed by atoms with Crippen molar-refractivity contribution in [2.45, 2.75) is 0 Å². The number of para-hydroxylation sites is 6. The van der Waals surface area contributed by atoms with Gasteiger partial charge in [0.05, 0.1) is 27.6 Å². The van der Waals surface area contributed by atoms with E-state index in [1.807, 2.05) is 18.2 Å². The van der Waals surface area contributed by atoms with Gasteiger partial charge in [-0.3, -0.25) is 4.57 Å². The molecule has 0 spiro atoms. The van der Waals surface area contributed by atoms with Gasteiger partial charge in [0.15, 0.2) is 5.82 Å². The summed E-state index contributed by atoms with van der Waals surface area (Å²) in [6.45, 7) is 0. The minimum atomic E-state index is 0.657. The van der Waals surface area contributed by atoms with Crippen molar-refractivity contribution in [2.75, 3.05) is 0 Å². The molecule has 7 aromatic carbocycles. The lowest BCUT2D eigenvalue weighted by Crippen LogP contribution is -1.99. The van der Waals surface area contributed by atoms with Crippen LogP contribution in [0.4, 0.5) is 0 Å². The molecule has 0 aliphatic carbocycles. The first-order chi connectivity index (χ1) is 25.3. The highest BCUT2D eigenvalue weighted by molar-refractivity contribution is 6.18. The second-order valence-electron chi connectivity index (χ2n) is 13.0. The van der Waals surface area contributed by atoms with Crippen LogP contribution in [0.5, 0.6) is 0 Å². The number of rotatable bonds is 4. The van der Waals surface area contributed by atoms with Crippen LogP contribution in [-0.2, 0) is 0 Å². The molecule has 0 fully saturated rings. The Morgan fingerprint density at radius 3 is 1.82 bits per heavy atom. The molecule has 0 unspecified atom stereocenters. The number of benzene rings is 7. The van der Waals surface area contributed by atoms with Crippen LogP contribution < -0.4 is 0 Å². The van der Waals surface area contributed by atoms with Gasteiger partial charge in [0, 0.05) is 49.4 Å². The first-order valence-electron chi connectivity index (χ1n) is 17.2. The lowest BCUT2D eigenvalue weighted by atomic mass is 10.0. The normalized spacial score (nSPS) is 11.9. The van der Waals surface area contributed by atoms with Crippen LogP contribution in [0, 0.1) is 0 Å². The molecule has 0 bridgehead atoms. The molecule has 4 heterocycles. The van der Waals surface area contributed by atoms with E-state index in [2.05, 4.69) is 161 Å². The lowest BCUT2D eigenvalue weighted by Gasteiger charge is -2.11. The van der Waals surface area contributed by atoms with Gasteiger partial charge in [-0.1, -0.05) is 103 Å². The van der Waals surface area contributed by atoms with Gasteiger partial charge in [-0.25, -0.2) is 9.97 Å². The molecule has 0 atom stereocenters. The lowest BCUT2D eigenvalue weighted by molar-refractivity contribution is 0.670. The van der Waals surface area contributed by atoms with E-state index in [4.69, 9.17) is 14.4 Å². The Balaban J connectivity index is 1.26. The molecule has 0 aliphatic rings. The third-order valence-corrected chi connectivity index (χ3v) is 10.1. The van der Waals surface area contributed by atoms with E-state index in [9.17, 15) is 0 Å². The third-order valence-electron chi connectivity index (χ3n) is 10.1. The van der Waals surface area contributed by atoms with Crippen molar-refractivity contribution in [1.29, 1.82) is 0 Å². The van der Waals surface area contributed by atoms with Crippen molar-refractivity contribution in [3.05, 3.63) is 170 Å². The molecule has 11 rings (SSSR count). The van der Waals surface area contributed by atoms with Crippen LogP contribution in [0.15, 0.2) is 174 Å². The second-order valence-corrected chi connectivity index (χ2v) is 13.0. The molecule has 4 aromatic heterocycles. The van der Waals surface area contributed by atoms with Gasteiger partial charge in [-0.2, -0.15) is 0 Å². The van der Waals surface area contributed by atoms with Crippen LogP contribution in [-0.4, -0.2) is 19.1 Å². The Morgan fingerprint density at radius 2 is 1.04 bits per heavy atom. The Bertz CT molecular complexity index is 3130. The fourth-order valence-corrected chi connectivity index (χ4v) is 7.92. The monoisotopic (exact) mass is 652 g/mol. The smallest absolute Gasteiger partial charge is 0.162 e. The molecule has 0 saturated carbocycles. The first kappa shape index (κ1) is 27.9. The second kappa shape index (κ2) is 10.8. The maximum atomic E-state index is 6.62. The van der Waals surface area contributed by atoms with Gasteiger partial charge >= 0.3 is 0 Å². The average Bonchev–Trinajstić information content (AvgIpc) is 3.86. The molecule has 0 radical (unpaired) electrons. The van der Waals surface area contributed by atoms with E-state index in [-0.39, 0.29) is 0 Å². The molecule has 5 nitrogen and oxygen atoms in total. The zero-order valence-corrected chi connectivity index (χ0v) is 27.4. The van der Waals surface area contributed by atoms with Crippen LogP contribution in [0.2, 0.25) is 0 Å². The summed E-state index contributed by atoms with van der Waals surface area (Å²) < 4.78 is 11.2. The zero-order valence-electron chi connectivity index (χ0n) is 27.4. The van der Waals surface area contributed by atoms with E-state index in [1.54, 1.807) is 0 Å². The standard InChI is InChI=1S/C46H28N4O/c1-3-14-30(15-4-1)49-38-23-10-7-18-32(38)37-28-29(26-27-40(37)49)45-47-43(36-22-13-21-34-33-19-9-12-25-41(33)51-44(34)36)42-35-20-8-11-24-39(35)50(46(42)48-45)31-16-5-2-6-17-31/h1-28H. The Labute approximate surface area is 292 Å². The molecule has 0 N–H and O–H groups in total. The topological polar surface area (TPSA) is 48.8 Å². The Morgan fingerprint density at radius 1 is 0.431 bits per heavy atom. The van der Waals surface area contributed by atoms with Crippen molar-refractivity contribution in [3.8, 4) is 34.0 Å². The highest BCUT2D eigenvalue weighted by atomic mass is 16.3. The van der Waals surface area contributed by atoms with Crippen molar-refractivity contribution in [2.24, 2.45) is 0 Å². The number of furan rings is 1. The third kappa shape index (κ3) is 4.09. The van der Waals surface area contributed by atoms with Crippen LogP contribution in [0.1, 0.15) is 0 Å². The fourth-order valence-electron chi connectivity index (χ4n) is 7.92. The van der Waals surface area contributed by atoms with Crippen molar-refractivity contribution in [3.63, 3.8) is 0 Å². The van der Waals surface area contributed by atoms with Gasteiger partial charge < -0.3 is 8.98 Å². The van der Waals surface area contributed by atoms with Gasteiger partial charge in [-0.05, 0) is 66.7 Å². The van der Waals surface area contributed by atoms with E-state index >= 15 is 0 Å². The van der Waals surface area contributed by atoms with Gasteiger partial charge in [0.2, 0.25) is 0 Å². The van der Waals surface area contributed by atoms with E-state index in [1.165, 1.54) is 5.39 Å². The summed E-state index contributed by atoms with van der Waals surface area (Å²) in [5, 5.41) is 6.58. The molecule has 238 valence electrons. The SMILES string of the molecule is c1ccc(-n2c3ccccc3c3cc(-c4nc(-c5cccc6c5oc5ccccc56)c5c6ccccc6n(-c6ccccc6)c5n4)ccc32)cc1. The Kier molecular flexibility index (Phi) is 5.89. The van der Waals surface area contributed by atoms with E-state index in [0.29, 0.717) is 5.82 Å².